The first-order valence-electron chi connectivity index (χ1n) is 3.70. The number of aliphatic hydroxyl groups is 1. The van der Waals surface area contributed by atoms with Crippen LogP contribution in [-0.2, 0) is 0 Å². The van der Waals surface area contributed by atoms with Gasteiger partial charge in [0.2, 0.25) is 0 Å². The van der Waals surface area contributed by atoms with Crippen molar-refractivity contribution in [1.29, 1.82) is 5.26 Å². The zero-order valence-corrected chi connectivity index (χ0v) is 7.89. The molecule has 0 atom stereocenters. The molecule has 0 bridgehead atoms. The lowest BCUT2D eigenvalue weighted by Gasteiger charge is -2.22. The molecule has 2 N–H and O–H groups in total. The lowest BCUT2D eigenvalue weighted by molar-refractivity contribution is 0.250. The molecule has 4 nitrogen and oxygen atoms in total. The first-order chi connectivity index (χ1) is 5.76. The van der Waals surface area contributed by atoms with Gasteiger partial charge in [-0.2, -0.15) is 5.26 Å². The fourth-order valence-corrected chi connectivity index (χ4v) is 0.961. The topological polar surface area (TPSA) is 59.3 Å². The van der Waals surface area contributed by atoms with Crippen molar-refractivity contribution in [3.8, 4) is 6.07 Å². The molecule has 0 aliphatic heterocycles. The van der Waals surface area contributed by atoms with E-state index >= 15 is 0 Å². The zero-order chi connectivity index (χ0) is 9.40. The Bertz CT molecular complexity index is 178. The average molecular weight is 187 g/mol. The number of rotatable bonds is 4. The SMILES string of the molecule is CNC(=S)N(CCO)CCC#N. The van der Waals surface area contributed by atoms with Gasteiger partial charge in [-0.15, -0.1) is 0 Å². The number of hydrogen-bond acceptors (Lipinski definition) is 3. The standard InChI is InChI=1S/C7H13N3OS/c1-9-7(12)10(5-6-11)4-2-3-8/h11H,2,4-6H2,1H3,(H,9,12). The number of hydrogen-bond donors (Lipinski definition) is 2. The lowest BCUT2D eigenvalue weighted by Crippen LogP contribution is -2.40. The maximum atomic E-state index is 8.67. The third-order valence-corrected chi connectivity index (χ3v) is 1.83. The quantitative estimate of drug-likeness (QED) is 0.592. The third kappa shape index (κ3) is 4.11. The Hall–Kier alpha value is -0.860. The van der Waals surface area contributed by atoms with Crippen molar-refractivity contribution in [3.05, 3.63) is 0 Å². The highest BCUT2D eigenvalue weighted by molar-refractivity contribution is 7.80. The van der Waals surface area contributed by atoms with E-state index in [1.165, 1.54) is 0 Å². The first kappa shape index (κ1) is 11.1. The van der Waals surface area contributed by atoms with Gasteiger partial charge in [0.15, 0.2) is 5.11 Å². The van der Waals surface area contributed by atoms with Gasteiger partial charge < -0.3 is 15.3 Å². The number of nitrogens with one attached hydrogen (secondary N) is 1. The molecule has 0 aromatic heterocycles. The highest BCUT2D eigenvalue weighted by Gasteiger charge is 2.05. The van der Waals surface area contributed by atoms with Crippen LogP contribution in [0.15, 0.2) is 0 Å². The van der Waals surface area contributed by atoms with Crippen LogP contribution in [0.1, 0.15) is 6.42 Å². The summed E-state index contributed by atoms with van der Waals surface area (Å²) in [6, 6.07) is 2.02. The van der Waals surface area contributed by atoms with Crippen molar-refractivity contribution in [2.24, 2.45) is 0 Å². The van der Waals surface area contributed by atoms with Gasteiger partial charge in [-0.25, -0.2) is 0 Å². The molecule has 0 heterocycles. The molecule has 0 aliphatic carbocycles. The molecule has 0 rings (SSSR count). The Labute approximate surface area is 77.8 Å². The van der Waals surface area contributed by atoms with E-state index in [0.717, 1.165) is 0 Å². The zero-order valence-electron chi connectivity index (χ0n) is 7.08. The van der Waals surface area contributed by atoms with E-state index in [1.54, 1.807) is 11.9 Å². The summed E-state index contributed by atoms with van der Waals surface area (Å²) in [6.07, 6.45) is 0.418. The Morgan fingerprint density at radius 3 is 2.75 bits per heavy atom. The summed E-state index contributed by atoms with van der Waals surface area (Å²) >= 11 is 4.95. The van der Waals surface area contributed by atoms with Crippen LogP contribution < -0.4 is 5.32 Å². The van der Waals surface area contributed by atoms with Gasteiger partial charge in [0.1, 0.15) is 0 Å². The Balaban J connectivity index is 3.86. The second-order valence-electron chi connectivity index (χ2n) is 2.17. The molecule has 68 valence electrons. The van der Waals surface area contributed by atoms with E-state index < -0.39 is 0 Å². The number of thiocarbonyl (C=S) groups is 1. The minimum Gasteiger partial charge on any atom is -0.395 e. The molecule has 0 aromatic rings. The highest BCUT2D eigenvalue weighted by Crippen LogP contribution is 1.91. The average Bonchev–Trinajstić information content (AvgIpc) is 2.11. The molecule has 0 aromatic carbocycles. The van der Waals surface area contributed by atoms with Crippen LogP contribution >= 0.6 is 12.2 Å². The Kier molecular flexibility index (Phi) is 6.34. The Morgan fingerprint density at radius 1 is 1.67 bits per heavy atom. The molecule has 0 unspecified atom stereocenters. The van der Waals surface area contributed by atoms with E-state index in [9.17, 15) is 0 Å². The fraction of sp³-hybridized carbons (Fsp3) is 0.714. The van der Waals surface area contributed by atoms with Crippen molar-refractivity contribution in [2.45, 2.75) is 6.42 Å². The number of nitriles is 1. The maximum Gasteiger partial charge on any atom is 0.168 e. The highest BCUT2D eigenvalue weighted by atomic mass is 32.1. The van der Waals surface area contributed by atoms with Crippen LogP contribution in [0.2, 0.25) is 0 Å². The van der Waals surface area contributed by atoms with Gasteiger partial charge >= 0.3 is 0 Å². The monoisotopic (exact) mass is 187 g/mol. The molecule has 0 saturated heterocycles. The van der Waals surface area contributed by atoms with Gasteiger partial charge in [-0.1, -0.05) is 0 Å². The summed E-state index contributed by atoms with van der Waals surface area (Å²) in [4.78, 5) is 1.76. The van der Waals surface area contributed by atoms with Gasteiger partial charge in [-0.05, 0) is 12.2 Å². The van der Waals surface area contributed by atoms with Gasteiger partial charge in [-0.3, -0.25) is 0 Å². The molecular weight excluding hydrogens is 174 g/mol. The summed E-state index contributed by atoms with van der Waals surface area (Å²) in [6.45, 7) is 1.09. The van der Waals surface area contributed by atoms with Crippen LogP contribution in [0.4, 0.5) is 0 Å². The van der Waals surface area contributed by atoms with Crippen molar-refractivity contribution < 1.29 is 5.11 Å². The van der Waals surface area contributed by atoms with Crippen molar-refractivity contribution in [3.63, 3.8) is 0 Å². The van der Waals surface area contributed by atoms with Crippen LogP contribution in [-0.4, -0.2) is 41.9 Å². The summed E-state index contributed by atoms with van der Waals surface area (Å²) in [7, 11) is 1.72. The molecule has 0 fully saturated rings. The van der Waals surface area contributed by atoms with Crippen molar-refractivity contribution in [1.82, 2.24) is 10.2 Å². The maximum absolute atomic E-state index is 8.67. The fourth-order valence-electron chi connectivity index (χ4n) is 0.779. The van der Waals surface area contributed by atoms with Crippen LogP contribution in [0.25, 0.3) is 0 Å². The summed E-state index contributed by atoms with van der Waals surface area (Å²) < 4.78 is 0. The lowest BCUT2D eigenvalue weighted by atomic mass is 10.4. The van der Waals surface area contributed by atoms with E-state index in [4.69, 9.17) is 22.6 Å². The molecule has 5 heteroatoms. The van der Waals surface area contributed by atoms with E-state index in [2.05, 4.69) is 5.32 Å². The predicted octanol–water partition coefficient (Wildman–Crippen LogP) is -0.301. The minimum atomic E-state index is 0.0489. The first-order valence-corrected chi connectivity index (χ1v) is 4.11. The summed E-state index contributed by atoms with van der Waals surface area (Å²) in [5, 5.41) is 20.4. The van der Waals surface area contributed by atoms with E-state index in [0.29, 0.717) is 24.6 Å². The molecule has 0 saturated carbocycles. The minimum absolute atomic E-state index is 0.0489. The van der Waals surface area contributed by atoms with Crippen LogP contribution in [0.5, 0.6) is 0 Å². The van der Waals surface area contributed by atoms with Gasteiger partial charge in [0.25, 0.3) is 0 Å². The van der Waals surface area contributed by atoms with Gasteiger partial charge in [0.05, 0.1) is 19.1 Å². The van der Waals surface area contributed by atoms with Crippen LogP contribution in [0, 0.1) is 11.3 Å². The normalized spacial score (nSPS) is 8.75. The van der Waals surface area contributed by atoms with Gasteiger partial charge in [0, 0.05) is 20.1 Å². The second kappa shape index (κ2) is 6.83. The van der Waals surface area contributed by atoms with Crippen LogP contribution in [0.3, 0.4) is 0 Å². The predicted molar refractivity (Wildman–Crippen MR) is 50.5 cm³/mol. The van der Waals surface area contributed by atoms with E-state index in [1.807, 2.05) is 6.07 Å². The third-order valence-electron chi connectivity index (χ3n) is 1.36. The molecule has 12 heavy (non-hydrogen) atoms. The summed E-state index contributed by atoms with van der Waals surface area (Å²) in [5.41, 5.74) is 0. The summed E-state index contributed by atoms with van der Waals surface area (Å²) in [5.74, 6) is 0. The molecular formula is C7H13N3OS. The Morgan fingerprint density at radius 2 is 2.33 bits per heavy atom. The largest absolute Gasteiger partial charge is 0.395 e. The number of aliphatic hydroxyl groups excluding tert-OH is 1. The molecule has 0 aliphatic rings. The van der Waals surface area contributed by atoms with E-state index in [-0.39, 0.29) is 6.61 Å². The smallest absolute Gasteiger partial charge is 0.168 e. The second-order valence-corrected chi connectivity index (χ2v) is 2.56. The van der Waals surface area contributed by atoms with Crippen molar-refractivity contribution >= 4 is 17.3 Å². The molecule has 0 radical (unpaired) electrons. The molecule has 0 spiro atoms. The van der Waals surface area contributed by atoms with Crippen molar-refractivity contribution in [2.75, 3.05) is 26.7 Å². The number of nitrogens with zero attached hydrogens (tertiary/aromatic N) is 2. The molecule has 0 amide bonds.